The third-order valence-corrected chi connectivity index (χ3v) is 5.08. The van der Waals surface area contributed by atoms with E-state index < -0.39 is 0 Å². The Morgan fingerprint density at radius 3 is 2.91 bits per heavy atom. The summed E-state index contributed by atoms with van der Waals surface area (Å²) in [6.07, 6.45) is 5.63. The van der Waals surface area contributed by atoms with Gasteiger partial charge in [0.05, 0.1) is 0 Å². The van der Waals surface area contributed by atoms with Crippen molar-refractivity contribution < 1.29 is 4.79 Å². The number of fused-ring (bicyclic) bond motifs is 1. The van der Waals surface area contributed by atoms with Gasteiger partial charge in [-0.05, 0) is 61.2 Å². The predicted molar refractivity (Wildman–Crippen MR) is 87.7 cm³/mol. The maximum Gasteiger partial charge on any atom is 0.254 e. The fourth-order valence-electron chi connectivity index (χ4n) is 3.82. The van der Waals surface area contributed by atoms with Gasteiger partial charge in [-0.15, -0.1) is 0 Å². The first kappa shape index (κ1) is 14.0. The summed E-state index contributed by atoms with van der Waals surface area (Å²) in [6, 6.07) is 6.75. The van der Waals surface area contributed by atoms with E-state index in [9.17, 15) is 4.79 Å². The molecule has 0 saturated carbocycles. The van der Waals surface area contributed by atoms with Crippen LogP contribution in [0, 0.1) is 0 Å². The molecule has 116 valence electrons. The lowest BCUT2D eigenvalue weighted by Crippen LogP contribution is -2.46. The molecule has 4 nitrogen and oxygen atoms in total. The first-order chi connectivity index (χ1) is 10.8. The van der Waals surface area contributed by atoms with Crippen molar-refractivity contribution in [1.82, 2.24) is 15.5 Å². The highest BCUT2D eigenvalue weighted by Gasteiger charge is 2.33. The van der Waals surface area contributed by atoms with Gasteiger partial charge in [0, 0.05) is 31.2 Å². The van der Waals surface area contributed by atoms with Crippen LogP contribution in [0.2, 0.25) is 0 Å². The molecule has 0 radical (unpaired) electrons. The Morgan fingerprint density at radius 1 is 1.18 bits per heavy atom. The van der Waals surface area contributed by atoms with E-state index in [1.807, 2.05) is 6.07 Å². The SMILES string of the molecule is O=C1c2ccc(C3=CCNCC3)cc2CN1C1CCCNC1. The van der Waals surface area contributed by atoms with E-state index in [1.54, 1.807) is 0 Å². The molecule has 0 aliphatic carbocycles. The van der Waals surface area contributed by atoms with Gasteiger partial charge in [-0.3, -0.25) is 4.79 Å². The molecule has 4 rings (SSSR count). The van der Waals surface area contributed by atoms with Crippen LogP contribution in [0.3, 0.4) is 0 Å². The van der Waals surface area contributed by atoms with Crippen LogP contribution in [0.25, 0.3) is 5.57 Å². The van der Waals surface area contributed by atoms with E-state index in [4.69, 9.17) is 0 Å². The summed E-state index contributed by atoms with van der Waals surface area (Å²) >= 11 is 0. The number of nitrogens with one attached hydrogen (secondary N) is 2. The van der Waals surface area contributed by atoms with Crippen LogP contribution in [0.4, 0.5) is 0 Å². The Morgan fingerprint density at radius 2 is 2.14 bits per heavy atom. The second-order valence-corrected chi connectivity index (χ2v) is 6.49. The van der Waals surface area contributed by atoms with Crippen LogP contribution in [0.1, 0.15) is 40.7 Å². The van der Waals surface area contributed by atoms with Gasteiger partial charge in [0.15, 0.2) is 0 Å². The highest BCUT2D eigenvalue weighted by Crippen LogP contribution is 2.30. The Hall–Kier alpha value is -1.65. The van der Waals surface area contributed by atoms with Crippen molar-refractivity contribution in [2.24, 2.45) is 0 Å². The molecule has 0 bridgehead atoms. The fraction of sp³-hybridized carbons (Fsp3) is 0.500. The normalized spacial score (nSPS) is 25.1. The van der Waals surface area contributed by atoms with Gasteiger partial charge in [-0.1, -0.05) is 12.1 Å². The monoisotopic (exact) mass is 297 g/mol. The molecule has 3 aliphatic heterocycles. The number of hydrogen-bond acceptors (Lipinski definition) is 3. The number of nitrogens with zero attached hydrogens (tertiary/aromatic N) is 1. The van der Waals surface area contributed by atoms with Crippen molar-refractivity contribution >= 4 is 11.5 Å². The third kappa shape index (κ3) is 2.46. The number of piperidine rings is 1. The standard InChI is InChI=1S/C18H23N3O/c22-18-17-4-3-14(13-5-8-19-9-6-13)10-15(17)12-21(18)16-2-1-7-20-11-16/h3-5,10,16,19-20H,1-2,6-9,11-12H2. The molecule has 1 aromatic carbocycles. The number of rotatable bonds is 2. The first-order valence-electron chi connectivity index (χ1n) is 8.37. The van der Waals surface area contributed by atoms with Gasteiger partial charge < -0.3 is 15.5 Å². The van der Waals surface area contributed by atoms with Crippen LogP contribution in [0.5, 0.6) is 0 Å². The van der Waals surface area contributed by atoms with Gasteiger partial charge >= 0.3 is 0 Å². The van der Waals surface area contributed by atoms with Crippen molar-refractivity contribution in [3.63, 3.8) is 0 Å². The zero-order valence-electron chi connectivity index (χ0n) is 12.9. The van der Waals surface area contributed by atoms with Crippen molar-refractivity contribution in [1.29, 1.82) is 0 Å². The van der Waals surface area contributed by atoms with Crippen LogP contribution in [0.15, 0.2) is 24.3 Å². The zero-order valence-corrected chi connectivity index (χ0v) is 12.9. The smallest absolute Gasteiger partial charge is 0.254 e. The molecule has 3 heterocycles. The molecule has 1 fully saturated rings. The maximum absolute atomic E-state index is 12.7. The van der Waals surface area contributed by atoms with Crippen molar-refractivity contribution in [2.45, 2.75) is 31.8 Å². The molecule has 22 heavy (non-hydrogen) atoms. The molecule has 1 unspecified atom stereocenters. The van der Waals surface area contributed by atoms with E-state index in [0.717, 1.165) is 57.5 Å². The lowest BCUT2D eigenvalue weighted by Gasteiger charge is -2.31. The molecule has 1 amide bonds. The van der Waals surface area contributed by atoms with Gasteiger partial charge in [-0.2, -0.15) is 0 Å². The predicted octanol–water partition coefficient (Wildman–Crippen LogP) is 1.77. The molecule has 1 aromatic rings. The molecule has 1 saturated heterocycles. The van der Waals surface area contributed by atoms with Gasteiger partial charge in [-0.25, -0.2) is 0 Å². The van der Waals surface area contributed by atoms with E-state index in [2.05, 4.69) is 33.7 Å². The Kier molecular flexibility index (Phi) is 3.72. The molecular weight excluding hydrogens is 274 g/mol. The number of carbonyl (C=O) groups is 1. The molecule has 1 atom stereocenters. The maximum atomic E-state index is 12.7. The number of hydrogen-bond donors (Lipinski definition) is 2. The van der Waals surface area contributed by atoms with E-state index in [-0.39, 0.29) is 5.91 Å². The number of amides is 1. The summed E-state index contributed by atoms with van der Waals surface area (Å²) in [5.74, 6) is 0.217. The zero-order chi connectivity index (χ0) is 14.9. The van der Waals surface area contributed by atoms with Crippen molar-refractivity contribution in [3.8, 4) is 0 Å². The number of carbonyl (C=O) groups excluding carboxylic acids is 1. The summed E-state index contributed by atoms with van der Waals surface area (Å²) in [5, 5.41) is 6.76. The van der Waals surface area contributed by atoms with Gasteiger partial charge in [0.25, 0.3) is 5.91 Å². The van der Waals surface area contributed by atoms with E-state index >= 15 is 0 Å². The van der Waals surface area contributed by atoms with Crippen LogP contribution < -0.4 is 10.6 Å². The van der Waals surface area contributed by atoms with Crippen LogP contribution >= 0.6 is 0 Å². The van der Waals surface area contributed by atoms with Crippen LogP contribution in [-0.4, -0.2) is 43.0 Å². The average Bonchev–Trinajstić information content (AvgIpc) is 2.93. The Labute approximate surface area is 131 Å². The minimum Gasteiger partial charge on any atom is -0.330 e. The van der Waals surface area contributed by atoms with E-state index in [1.165, 1.54) is 16.7 Å². The molecule has 2 N–H and O–H groups in total. The lowest BCUT2D eigenvalue weighted by molar-refractivity contribution is 0.0674. The minimum atomic E-state index is 0.217. The van der Waals surface area contributed by atoms with Gasteiger partial charge in [0.1, 0.15) is 0 Å². The second kappa shape index (κ2) is 5.86. The first-order valence-corrected chi connectivity index (χ1v) is 8.37. The highest BCUT2D eigenvalue weighted by molar-refractivity contribution is 5.99. The summed E-state index contributed by atoms with van der Waals surface area (Å²) in [5.41, 5.74) is 4.81. The Bertz CT molecular complexity index is 617. The van der Waals surface area contributed by atoms with Crippen LogP contribution in [-0.2, 0) is 6.54 Å². The molecule has 0 aromatic heterocycles. The summed E-state index contributed by atoms with van der Waals surface area (Å²) in [7, 11) is 0. The lowest BCUT2D eigenvalue weighted by atomic mass is 9.97. The highest BCUT2D eigenvalue weighted by atomic mass is 16.2. The Balaban J connectivity index is 1.58. The fourth-order valence-corrected chi connectivity index (χ4v) is 3.82. The third-order valence-electron chi connectivity index (χ3n) is 5.08. The van der Waals surface area contributed by atoms with Crippen molar-refractivity contribution in [3.05, 3.63) is 41.0 Å². The summed E-state index contributed by atoms with van der Waals surface area (Å²) in [6.45, 7) is 4.79. The van der Waals surface area contributed by atoms with E-state index in [0.29, 0.717) is 6.04 Å². The topological polar surface area (TPSA) is 44.4 Å². The molecular formula is C18H23N3O. The quantitative estimate of drug-likeness (QED) is 0.874. The molecule has 3 aliphatic rings. The minimum absolute atomic E-state index is 0.217. The largest absolute Gasteiger partial charge is 0.330 e. The second-order valence-electron chi connectivity index (χ2n) is 6.49. The van der Waals surface area contributed by atoms with Gasteiger partial charge in [0.2, 0.25) is 0 Å². The average molecular weight is 297 g/mol. The summed E-state index contributed by atoms with van der Waals surface area (Å²) in [4.78, 5) is 14.7. The molecule has 0 spiro atoms. The van der Waals surface area contributed by atoms with Crippen molar-refractivity contribution in [2.75, 3.05) is 26.2 Å². The number of benzene rings is 1. The molecule has 4 heteroatoms. The summed E-state index contributed by atoms with van der Waals surface area (Å²) < 4.78 is 0.